The second kappa shape index (κ2) is 12.4. The van der Waals surface area contributed by atoms with E-state index in [9.17, 15) is 9.59 Å². The summed E-state index contributed by atoms with van der Waals surface area (Å²) in [5.41, 5.74) is 7.29. The Hall–Kier alpha value is -5.50. The van der Waals surface area contributed by atoms with E-state index in [0.717, 1.165) is 16.8 Å². The molecule has 1 amide bonds. The lowest BCUT2D eigenvalue weighted by Crippen LogP contribution is -2.18. The van der Waals surface area contributed by atoms with Gasteiger partial charge in [-0.05, 0) is 42.0 Å². The molecule has 1 N–H and O–H groups in total. The molecule has 1 aromatic heterocycles. The van der Waals surface area contributed by atoms with Crippen LogP contribution >= 0.6 is 0 Å². The topological polar surface area (TPSA) is 94.8 Å². The van der Waals surface area contributed by atoms with E-state index in [2.05, 4.69) is 15.6 Å². The van der Waals surface area contributed by atoms with E-state index in [1.54, 1.807) is 23.0 Å². The van der Waals surface area contributed by atoms with Gasteiger partial charge in [0.25, 0.3) is 5.91 Å². The Bertz CT molecular complexity index is 1630. The van der Waals surface area contributed by atoms with Crippen LogP contribution in [-0.2, 0) is 11.3 Å². The van der Waals surface area contributed by atoms with Crippen LogP contribution < -0.4 is 10.2 Å². The van der Waals surface area contributed by atoms with Crippen LogP contribution in [0.25, 0.3) is 16.9 Å². The van der Waals surface area contributed by atoms with Crippen LogP contribution in [-0.4, -0.2) is 35.0 Å². The molecule has 0 fully saturated rings. The normalized spacial score (nSPS) is 10.8. The van der Waals surface area contributed by atoms with Crippen molar-refractivity contribution in [3.63, 3.8) is 0 Å². The molecule has 0 aliphatic rings. The minimum atomic E-state index is -0.389. The molecule has 1 heterocycles. The van der Waals surface area contributed by atoms with Gasteiger partial charge in [-0.25, -0.2) is 14.9 Å². The van der Waals surface area contributed by atoms with Crippen molar-refractivity contribution in [1.82, 2.24) is 15.2 Å². The molecule has 0 spiro atoms. The highest BCUT2D eigenvalue weighted by molar-refractivity contribution is 6.00. The number of hydrogen-bond acceptors (Lipinski definition) is 6. The average Bonchev–Trinajstić information content (AvgIpc) is 3.47. The number of nitrogens with one attached hydrogen (secondary N) is 1. The first-order valence-corrected chi connectivity index (χ1v) is 12.6. The van der Waals surface area contributed by atoms with E-state index in [1.807, 2.05) is 97.1 Å². The summed E-state index contributed by atoms with van der Waals surface area (Å²) in [6.45, 7) is 0.289. The SMILES string of the molecule is COC(=O)c1ccc(COc2ccccc2/C=N/NC(=O)c2cn(-c3ccccc3)nc2-c2ccccc2)cc1. The fraction of sp³-hybridized carbons (Fsp3) is 0.0625. The molecular formula is C32H26N4O4. The zero-order valence-corrected chi connectivity index (χ0v) is 21.7. The summed E-state index contributed by atoms with van der Waals surface area (Å²) in [5.74, 6) is -0.180. The van der Waals surface area contributed by atoms with Crippen molar-refractivity contribution in [3.8, 4) is 22.7 Å². The van der Waals surface area contributed by atoms with E-state index in [1.165, 1.54) is 13.3 Å². The van der Waals surface area contributed by atoms with Gasteiger partial charge in [-0.2, -0.15) is 10.2 Å². The molecule has 0 bridgehead atoms. The molecule has 198 valence electrons. The Morgan fingerprint density at radius 2 is 1.55 bits per heavy atom. The van der Waals surface area contributed by atoms with Crippen molar-refractivity contribution in [3.05, 3.63) is 138 Å². The quantitative estimate of drug-likeness (QED) is 0.151. The number of aromatic nitrogens is 2. The lowest BCUT2D eigenvalue weighted by Gasteiger charge is -2.09. The summed E-state index contributed by atoms with van der Waals surface area (Å²) in [5, 5.41) is 8.88. The number of para-hydroxylation sites is 2. The first kappa shape index (κ1) is 26.1. The third-order valence-corrected chi connectivity index (χ3v) is 6.08. The molecule has 40 heavy (non-hydrogen) atoms. The number of esters is 1. The first-order chi connectivity index (χ1) is 19.6. The number of ether oxygens (including phenoxy) is 2. The second-order valence-corrected chi connectivity index (χ2v) is 8.75. The van der Waals surface area contributed by atoms with Gasteiger partial charge < -0.3 is 9.47 Å². The van der Waals surface area contributed by atoms with Gasteiger partial charge in [-0.1, -0.05) is 72.8 Å². The van der Waals surface area contributed by atoms with Crippen LogP contribution in [0.1, 0.15) is 31.8 Å². The standard InChI is InChI=1S/C32H26N4O4/c1-39-32(38)25-18-16-23(17-19-25)22-40-29-15-9-8-12-26(29)20-33-34-31(37)28-21-36(27-13-6-3-7-14-27)35-30(28)24-10-4-2-5-11-24/h2-21H,22H2,1H3,(H,34,37)/b33-20+. The van der Waals surface area contributed by atoms with Crippen LogP contribution in [0.15, 0.2) is 120 Å². The van der Waals surface area contributed by atoms with Crippen molar-refractivity contribution in [2.45, 2.75) is 6.61 Å². The molecule has 4 aromatic carbocycles. The Balaban J connectivity index is 1.30. The summed E-state index contributed by atoms with van der Waals surface area (Å²) < 4.78 is 12.4. The molecule has 0 atom stereocenters. The van der Waals surface area contributed by atoms with Gasteiger partial charge in [0.15, 0.2) is 0 Å². The van der Waals surface area contributed by atoms with Crippen LogP contribution in [0.5, 0.6) is 5.75 Å². The van der Waals surface area contributed by atoms with Crippen molar-refractivity contribution in [2.75, 3.05) is 7.11 Å². The predicted molar refractivity (Wildman–Crippen MR) is 153 cm³/mol. The van der Waals surface area contributed by atoms with Crippen LogP contribution in [0, 0.1) is 0 Å². The van der Waals surface area contributed by atoms with E-state index in [4.69, 9.17) is 9.47 Å². The number of carbonyl (C=O) groups is 2. The van der Waals surface area contributed by atoms with Crippen molar-refractivity contribution >= 4 is 18.1 Å². The van der Waals surface area contributed by atoms with Gasteiger partial charge in [-0.3, -0.25) is 4.79 Å². The highest BCUT2D eigenvalue weighted by Gasteiger charge is 2.18. The van der Waals surface area contributed by atoms with Gasteiger partial charge in [0.2, 0.25) is 0 Å². The number of rotatable bonds is 9. The number of carbonyl (C=O) groups excluding carboxylic acids is 2. The van der Waals surface area contributed by atoms with Crippen molar-refractivity contribution in [1.29, 1.82) is 0 Å². The largest absolute Gasteiger partial charge is 0.488 e. The van der Waals surface area contributed by atoms with Crippen molar-refractivity contribution < 1.29 is 19.1 Å². The Labute approximate surface area is 231 Å². The minimum absolute atomic E-state index is 0.289. The van der Waals surface area contributed by atoms with Gasteiger partial charge in [0, 0.05) is 17.3 Å². The van der Waals surface area contributed by atoms with Crippen LogP contribution in [0.4, 0.5) is 0 Å². The molecule has 8 nitrogen and oxygen atoms in total. The van der Waals surface area contributed by atoms with E-state index < -0.39 is 0 Å². The number of nitrogens with zero attached hydrogens (tertiary/aromatic N) is 3. The lowest BCUT2D eigenvalue weighted by atomic mass is 10.1. The number of hydrazone groups is 1. The highest BCUT2D eigenvalue weighted by Crippen LogP contribution is 2.24. The molecule has 0 aliphatic carbocycles. The zero-order chi connectivity index (χ0) is 27.7. The molecule has 0 aliphatic heterocycles. The number of methoxy groups -OCH3 is 1. The molecule has 0 saturated heterocycles. The van der Waals surface area contributed by atoms with E-state index in [0.29, 0.717) is 28.1 Å². The highest BCUT2D eigenvalue weighted by atomic mass is 16.5. The number of benzene rings is 4. The number of hydrogen-bond donors (Lipinski definition) is 1. The van der Waals surface area contributed by atoms with Gasteiger partial charge in [0.1, 0.15) is 18.1 Å². The average molecular weight is 531 g/mol. The van der Waals surface area contributed by atoms with Gasteiger partial charge in [-0.15, -0.1) is 0 Å². The van der Waals surface area contributed by atoms with Crippen LogP contribution in [0.2, 0.25) is 0 Å². The fourth-order valence-corrected chi connectivity index (χ4v) is 4.02. The molecular weight excluding hydrogens is 504 g/mol. The van der Waals surface area contributed by atoms with E-state index in [-0.39, 0.29) is 18.5 Å². The summed E-state index contributed by atoms with van der Waals surface area (Å²) in [4.78, 5) is 24.9. The predicted octanol–water partition coefficient (Wildman–Crippen LogP) is 5.67. The smallest absolute Gasteiger partial charge is 0.337 e. The van der Waals surface area contributed by atoms with Crippen molar-refractivity contribution in [2.24, 2.45) is 5.10 Å². The maximum Gasteiger partial charge on any atom is 0.337 e. The maximum atomic E-state index is 13.2. The molecule has 8 heteroatoms. The Morgan fingerprint density at radius 3 is 2.27 bits per heavy atom. The Kier molecular flexibility index (Phi) is 8.07. The lowest BCUT2D eigenvalue weighted by molar-refractivity contribution is 0.0600. The monoisotopic (exact) mass is 530 g/mol. The zero-order valence-electron chi connectivity index (χ0n) is 21.7. The fourth-order valence-electron chi connectivity index (χ4n) is 4.02. The summed E-state index contributed by atoms with van der Waals surface area (Å²) >= 11 is 0. The third kappa shape index (κ3) is 6.14. The molecule has 0 saturated carbocycles. The van der Waals surface area contributed by atoms with Gasteiger partial charge >= 0.3 is 5.97 Å². The second-order valence-electron chi connectivity index (χ2n) is 8.75. The van der Waals surface area contributed by atoms with Gasteiger partial charge in [0.05, 0.1) is 30.1 Å². The summed E-state index contributed by atoms with van der Waals surface area (Å²) in [6.07, 6.45) is 3.24. The Morgan fingerprint density at radius 1 is 0.875 bits per heavy atom. The molecule has 0 unspecified atom stereocenters. The number of amides is 1. The third-order valence-electron chi connectivity index (χ3n) is 6.08. The van der Waals surface area contributed by atoms with E-state index >= 15 is 0 Å². The summed E-state index contributed by atoms with van der Waals surface area (Å²) in [7, 11) is 1.35. The molecule has 5 rings (SSSR count). The molecule has 0 radical (unpaired) electrons. The minimum Gasteiger partial charge on any atom is -0.488 e. The maximum absolute atomic E-state index is 13.2. The first-order valence-electron chi connectivity index (χ1n) is 12.6. The van der Waals surface area contributed by atoms with Crippen LogP contribution in [0.3, 0.4) is 0 Å². The molecule has 5 aromatic rings. The summed E-state index contributed by atoms with van der Waals surface area (Å²) in [6, 6.07) is 33.5.